The van der Waals surface area contributed by atoms with Gasteiger partial charge in [0.25, 0.3) is 0 Å². The zero-order chi connectivity index (χ0) is 30.4. The molecule has 43 heavy (non-hydrogen) atoms. The topological polar surface area (TPSA) is 40.6 Å². The lowest BCUT2D eigenvalue weighted by molar-refractivity contribution is 0.111. The lowest BCUT2D eigenvalue weighted by atomic mass is 9.70. The maximum absolute atomic E-state index is 11.1. The van der Waals surface area contributed by atoms with Crippen LogP contribution in [-0.2, 0) is 5.41 Å². The largest absolute Gasteiger partial charge is 0.375 e. The molecule has 4 aromatic rings. The quantitative estimate of drug-likeness (QED) is 0.112. The second kappa shape index (κ2) is 13.4. The molecule has 1 aliphatic carbocycles. The minimum atomic E-state index is 0.0110. The van der Waals surface area contributed by atoms with E-state index in [1.54, 1.807) is 0 Å². The number of carbonyl (C=O) groups excluding carboxylic acids is 2. The Balaban J connectivity index is 1.32. The van der Waals surface area contributed by atoms with Crippen LogP contribution in [0, 0.1) is 13.8 Å². The van der Waals surface area contributed by atoms with Crippen molar-refractivity contribution in [2.24, 2.45) is 0 Å². The van der Waals surface area contributed by atoms with Crippen molar-refractivity contribution in [3.8, 4) is 11.1 Å². The molecule has 0 unspecified atom stereocenters. The molecule has 0 saturated carbocycles. The Morgan fingerprint density at radius 2 is 0.953 bits per heavy atom. The molecule has 0 atom stereocenters. The maximum atomic E-state index is 11.1. The number of carbonyl (C=O) groups is 2. The van der Waals surface area contributed by atoms with Crippen molar-refractivity contribution in [3.05, 3.63) is 118 Å². The third kappa shape index (κ3) is 6.59. The van der Waals surface area contributed by atoms with Gasteiger partial charge in [0.05, 0.1) is 0 Å². The Morgan fingerprint density at radius 3 is 1.33 bits per heavy atom. The summed E-state index contributed by atoms with van der Waals surface area (Å²) in [5.74, 6) is 0. The van der Waals surface area contributed by atoms with E-state index in [1.165, 1.54) is 33.4 Å². The summed E-state index contributed by atoms with van der Waals surface area (Å²) < 4.78 is 0. The normalized spacial score (nSPS) is 12.8. The van der Waals surface area contributed by atoms with Crippen molar-refractivity contribution in [1.29, 1.82) is 0 Å². The molecule has 0 aromatic heterocycles. The monoisotopic (exact) mass is 572 g/mol. The lowest BCUT2D eigenvalue weighted by Gasteiger charge is -2.34. The fourth-order valence-electron chi connectivity index (χ4n) is 6.81. The molecule has 4 aromatic carbocycles. The molecular weight excluding hydrogens is 528 g/mol. The van der Waals surface area contributed by atoms with Gasteiger partial charge >= 0.3 is 0 Å². The van der Waals surface area contributed by atoms with E-state index in [-0.39, 0.29) is 5.41 Å². The van der Waals surface area contributed by atoms with Gasteiger partial charge in [-0.1, -0.05) is 60.4 Å². The predicted molar refractivity (Wildman–Crippen MR) is 180 cm³/mol. The van der Waals surface area contributed by atoms with Crippen molar-refractivity contribution in [3.63, 3.8) is 0 Å². The van der Waals surface area contributed by atoms with Crippen LogP contribution in [-0.4, -0.2) is 39.8 Å². The second-order valence-corrected chi connectivity index (χ2v) is 12.4. The summed E-state index contributed by atoms with van der Waals surface area (Å²) in [6.45, 7) is 6.39. The molecule has 0 aliphatic heterocycles. The van der Waals surface area contributed by atoms with E-state index in [9.17, 15) is 9.59 Å². The number of rotatable bonds is 14. The molecule has 4 heteroatoms. The van der Waals surface area contributed by atoms with Crippen LogP contribution in [0.15, 0.2) is 84.9 Å². The van der Waals surface area contributed by atoms with Crippen LogP contribution < -0.4 is 9.80 Å². The molecule has 0 heterocycles. The first-order valence-electron chi connectivity index (χ1n) is 15.6. The van der Waals surface area contributed by atoms with Crippen molar-refractivity contribution < 1.29 is 9.59 Å². The van der Waals surface area contributed by atoms with Crippen molar-refractivity contribution >= 4 is 23.9 Å². The van der Waals surface area contributed by atoms with E-state index in [2.05, 4.69) is 74.1 Å². The third-order valence-electron chi connectivity index (χ3n) is 9.31. The molecule has 0 saturated heterocycles. The van der Waals surface area contributed by atoms with Gasteiger partial charge in [-0.05, 0) is 110 Å². The first-order valence-corrected chi connectivity index (χ1v) is 15.6. The van der Waals surface area contributed by atoms with Crippen molar-refractivity contribution in [1.82, 2.24) is 0 Å². The molecule has 0 spiro atoms. The van der Waals surface area contributed by atoms with E-state index in [0.717, 1.165) is 75.6 Å². The minimum absolute atomic E-state index is 0.0110. The molecule has 0 bridgehead atoms. The van der Waals surface area contributed by atoms with Gasteiger partial charge in [-0.2, -0.15) is 0 Å². The fraction of sp³-hybridized carbons (Fsp3) is 0.333. The number of unbranched alkanes of at least 4 members (excludes halogenated alkanes) is 2. The van der Waals surface area contributed by atoms with Gasteiger partial charge in [-0.25, -0.2) is 0 Å². The van der Waals surface area contributed by atoms with Crippen molar-refractivity contribution in [2.75, 3.05) is 37.0 Å². The molecule has 0 fully saturated rings. The van der Waals surface area contributed by atoms with Gasteiger partial charge in [0.2, 0.25) is 0 Å². The standard InChI is InChI=1S/C39H44N2O2/c1-29-9-19-35-36-20-10-30(2)26-38(36)39(37(35)25-29,21-5-7-23-40(3)33-15-11-31(27-42)12-16-33)22-6-8-24-41(4)34-17-13-32(28-43)14-18-34/h9-20,25-28H,5-8,21-24H2,1-4H3. The molecule has 1 aliphatic rings. The Morgan fingerprint density at radius 1 is 0.558 bits per heavy atom. The van der Waals surface area contributed by atoms with Crippen LogP contribution in [0.4, 0.5) is 11.4 Å². The van der Waals surface area contributed by atoms with E-state index in [0.29, 0.717) is 11.1 Å². The number of aryl methyl sites for hydroxylation is 2. The van der Waals surface area contributed by atoms with Crippen LogP contribution >= 0.6 is 0 Å². The van der Waals surface area contributed by atoms with Gasteiger partial charge in [0.15, 0.2) is 0 Å². The highest BCUT2D eigenvalue weighted by Crippen LogP contribution is 2.54. The fourth-order valence-corrected chi connectivity index (χ4v) is 6.81. The van der Waals surface area contributed by atoms with Gasteiger partial charge in [-0.15, -0.1) is 0 Å². The molecule has 0 amide bonds. The van der Waals surface area contributed by atoms with Crippen LogP contribution in [0.1, 0.15) is 81.5 Å². The first-order chi connectivity index (χ1) is 20.8. The highest BCUT2D eigenvalue weighted by atomic mass is 16.1. The summed E-state index contributed by atoms with van der Waals surface area (Å²) in [6.07, 6.45) is 8.54. The third-order valence-corrected chi connectivity index (χ3v) is 9.31. The molecule has 4 nitrogen and oxygen atoms in total. The van der Waals surface area contributed by atoms with Gasteiger partial charge in [0.1, 0.15) is 12.6 Å². The summed E-state index contributed by atoms with van der Waals surface area (Å²) in [6, 6.07) is 29.8. The zero-order valence-corrected chi connectivity index (χ0v) is 26.1. The molecule has 0 N–H and O–H groups in total. The smallest absolute Gasteiger partial charge is 0.150 e. The Bertz CT molecular complexity index is 1440. The Hall–Kier alpha value is -4.18. The molecule has 222 valence electrons. The minimum Gasteiger partial charge on any atom is -0.375 e. The first kappa shape index (κ1) is 30.3. The number of benzene rings is 4. The van der Waals surface area contributed by atoms with Crippen LogP contribution in [0.5, 0.6) is 0 Å². The van der Waals surface area contributed by atoms with Gasteiger partial charge in [0, 0.05) is 55.1 Å². The van der Waals surface area contributed by atoms with E-state index in [1.807, 2.05) is 48.5 Å². The van der Waals surface area contributed by atoms with Crippen LogP contribution in [0.3, 0.4) is 0 Å². The molecule has 0 radical (unpaired) electrons. The average molecular weight is 573 g/mol. The zero-order valence-electron chi connectivity index (χ0n) is 26.1. The number of anilines is 2. The number of hydrogen-bond acceptors (Lipinski definition) is 4. The van der Waals surface area contributed by atoms with E-state index in [4.69, 9.17) is 0 Å². The SMILES string of the molecule is Cc1ccc2c(c1)C(CCCCN(C)c1ccc(C=O)cc1)(CCCCN(C)c1ccc(C=O)cc1)c1cc(C)ccc1-2. The lowest BCUT2D eigenvalue weighted by Crippen LogP contribution is -2.27. The summed E-state index contributed by atoms with van der Waals surface area (Å²) in [4.78, 5) is 26.7. The summed E-state index contributed by atoms with van der Waals surface area (Å²) in [7, 11) is 4.28. The molecular formula is C39H44N2O2. The average Bonchev–Trinajstić information content (AvgIpc) is 3.29. The highest BCUT2D eigenvalue weighted by Gasteiger charge is 2.42. The summed E-state index contributed by atoms with van der Waals surface area (Å²) in [5.41, 5.74) is 12.2. The predicted octanol–water partition coefficient (Wildman–Crippen LogP) is 8.81. The molecule has 5 rings (SSSR count). The Kier molecular flexibility index (Phi) is 9.45. The highest BCUT2D eigenvalue weighted by molar-refractivity contribution is 5.82. The van der Waals surface area contributed by atoms with E-state index >= 15 is 0 Å². The van der Waals surface area contributed by atoms with Crippen LogP contribution in [0.2, 0.25) is 0 Å². The van der Waals surface area contributed by atoms with Crippen LogP contribution in [0.25, 0.3) is 11.1 Å². The number of fused-ring (bicyclic) bond motifs is 3. The van der Waals surface area contributed by atoms with Gasteiger partial charge < -0.3 is 9.80 Å². The second-order valence-electron chi connectivity index (χ2n) is 12.4. The van der Waals surface area contributed by atoms with Gasteiger partial charge in [-0.3, -0.25) is 9.59 Å². The number of hydrogen-bond donors (Lipinski definition) is 0. The summed E-state index contributed by atoms with van der Waals surface area (Å²) >= 11 is 0. The maximum Gasteiger partial charge on any atom is 0.150 e. The Labute approximate surface area is 257 Å². The van der Waals surface area contributed by atoms with Crippen molar-refractivity contribution in [2.45, 2.75) is 57.8 Å². The summed E-state index contributed by atoms with van der Waals surface area (Å²) in [5, 5.41) is 0. The number of nitrogens with zero attached hydrogens (tertiary/aromatic N) is 2. The number of aldehydes is 2. The van der Waals surface area contributed by atoms with E-state index < -0.39 is 0 Å².